The zero-order valence-corrected chi connectivity index (χ0v) is 18.0. The number of hydrogen-bond donors (Lipinski definition) is 3. The maximum atomic E-state index is 10.5. The SMILES string of the molecule is Oc1ccc2cc1CCc1ccc(O)c(c1)Oc1ccc(cc1)CCc1cccc(O)c1O2. The standard InChI is InChI=1S/C28H24O5/c29-24-15-13-23-17-21(24)10-5-19-8-14-25(30)27(16-19)32-22-11-6-18(7-12-22)4-9-20-2-1-3-26(31)28(20)33-23/h1-3,6-8,11-17,29-31H,4-5,9-10H2. The second-order valence-corrected chi connectivity index (χ2v) is 8.21. The molecule has 33 heavy (non-hydrogen) atoms. The highest BCUT2D eigenvalue weighted by Crippen LogP contribution is 2.37. The lowest BCUT2D eigenvalue weighted by atomic mass is 10.0. The molecular formula is C28H24O5. The van der Waals surface area contributed by atoms with Gasteiger partial charge in [0.05, 0.1) is 0 Å². The van der Waals surface area contributed by atoms with Gasteiger partial charge < -0.3 is 24.8 Å². The van der Waals surface area contributed by atoms with E-state index in [0.29, 0.717) is 42.3 Å². The number of benzene rings is 4. The molecule has 0 atom stereocenters. The van der Waals surface area contributed by atoms with Crippen LogP contribution in [0, 0.1) is 0 Å². The van der Waals surface area contributed by atoms with Crippen molar-refractivity contribution in [1.29, 1.82) is 0 Å². The van der Waals surface area contributed by atoms with Gasteiger partial charge in [-0.2, -0.15) is 0 Å². The Labute approximate surface area is 192 Å². The molecule has 2 heterocycles. The smallest absolute Gasteiger partial charge is 0.172 e. The molecule has 2 aliphatic heterocycles. The quantitative estimate of drug-likeness (QED) is 0.300. The van der Waals surface area contributed by atoms with Crippen LogP contribution in [0.1, 0.15) is 22.3 Å². The minimum absolute atomic E-state index is 0.0758. The van der Waals surface area contributed by atoms with Gasteiger partial charge in [-0.3, -0.25) is 0 Å². The molecule has 0 saturated carbocycles. The highest BCUT2D eigenvalue weighted by atomic mass is 16.5. The normalized spacial score (nSPS) is 13.2. The lowest BCUT2D eigenvalue weighted by Gasteiger charge is -2.15. The maximum absolute atomic E-state index is 10.5. The van der Waals surface area contributed by atoms with E-state index in [0.717, 1.165) is 28.7 Å². The predicted octanol–water partition coefficient (Wildman–Crippen LogP) is 6.27. The first kappa shape index (κ1) is 20.8. The fourth-order valence-electron chi connectivity index (χ4n) is 4.03. The van der Waals surface area contributed by atoms with Crippen molar-refractivity contribution in [1.82, 2.24) is 0 Å². The van der Waals surface area contributed by atoms with Crippen LogP contribution in [0.25, 0.3) is 0 Å². The summed E-state index contributed by atoms with van der Waals surface area (Å²) in [7, 11) is 0. The summed E-state index contributed by atoms with van der Waals surface area (Å²) in [5.74, 6) is 2.35. The minimum Gasteiger partial charge on any atom is -0.508 e. The topological polar surface area (TPSA) is 79.2 Å². The monoisotopic (exact) mass is 440 g/mol. The summed E-state index contributed by atoms with van der Waals surface area (Å²) >= 11 is 0. The van der Waals surface area contributed by atoms with E-state index in [-0.39, 0.29) is 17.2 Å². The lowest BCUT2D eigenvalue weighted by molar-refractivity contribution is 0.405. The van der Waals surface area contributed by atoms with Crippen LogP contribution in [0.4, 0.5) is 0 Å². The van der Waals surface area contributed by atoms with Crippen LogP contribution in [0.3, 0.4) is 0 Å². The lowest BCUT2D eigenvalue weighted by Crippen LogP contribution is -1.98. The Hall–Kier alpha value is -4.12. The van der Waals surface area contributed by atoms with Gasteiger partial charge in [0.15, 0.2) is 23.0 Å². The van der Waals surface area contributed by atoms with Gasteiger partial charge in [-0.15, -0.1) is 0 Å². The first-order chi connectivity index (χ1) is 16.0. The summed E-state index contributed by atoms with van der Waals surface area (Å²) < 4.78 is 12.0. The van der Waals surface area contributed by atoms with Crippen molar-refractivity contribution < 1.29 is 24.8 Å². The maximum Gasteiger partial charge on any atom is 0.172 e. The molecule has 5 heteroatoms. The van der Waals surface area contributed by atoms with E-state index >= 15 is 0 Å². The van der Waals surface area contributed by atoms with E-state index in [4.69, 9.17) is 9.47 Å². The first-order valence-electron chi connectivity index (χ1n) is 10.9. The third-order valence-corrected chi connectivity index (χ3v) is 5.89. The summed E-state index contributed by atoms with van der Waals surface area (Å²) in [6, 6.07) is 23.5. The van der Waals surface area contributed by atoms with Crippen molar-refractivity contribution in [2.45, 2.75) is 25.7 Å². The molecule has 0 radical (unpaired) electrons. The molecule has 0 amide bonds. The fourth-order valence-corrected chi connectivity index (χ4v) is 4.03. The molecule has 4 aromatic carbocycles. The van der Waals surface area contributed by atoms with E-state index in [1.807, 2.05) is 48.5 Å². The van der Waals surface area contributed by atoms with Crippen molar-refractivity contribution in [2.24, 2.45) is 0 Å². The van der Waals surface area contributed by atoms with Gasteiger partial charge in [-0.05, 0) is 96.5 Å². The number of phenolic OH excluding ortho intramolecular Hbond substituents is 3. The molecule has 0 spiro atoms. The summed E-state index contributed by atoms with van der Waals surface area (Å²) in [6.45, 7) is 0. The molecule has 0 saturated heterocycles. The summed E-state index contributed by atoms with van der Waals surface area (Å²) in [4.78, 5) is 0. The molecule has 3 N–H and O–H groups in total. The van der Waals surface area contributed by atoms with Gasteiger partial charge in [-0.25, -0.2) is 0 Å². The second kappa shape index (κ2) is 8.79. The van der Waals surface area contributed by atoms with Crippen molar-refractivity contribution in [2.75, 3.05) is 0 Å². The van der Waals surface area contributed by atoms with E-state index in [1.54, 1.807) is 30.3 Å². The van der Waals surface area contributed by atoms with Crippen molar-refractivity contribution in [3.05, 3.63) is 101 Å². The van der Waals surface area contributed by atoms with E-state index < -0.39 is 0 Å². The Morgan fingerprint density at radius 2 is 1.21 bits per heavy atom. The van der Waals surface area contributed by atoms with Crippen molar-refractivity contribution in [3.8, 4) is 40.2 Å². The number of rotatable bonds is 0. The minimum atomic E-state index is 0.0758. The van der Waals surface area contributed by atoms with Gasteiger partial charge in [-0.1, -0.05) is 30.3 Å². The van der Waals surface area contributed by atoms with Gasteiger partial charge in [0.25, 0.3) is 0 Å². The molecule has 6 bridgehead atoms. The Morgan fingerprint density at radius 3 is 2.06 bits per heavy atom. The molecule has 166 valence electrons. The van der Waals surface area contributed by atoms with Crippen LogP contribution in [0.15, 0.2) is 78.9 Å². The molecule has 4 aromatic rings. The zero-order valence-electron chi connectivity index (χ0n) is 18.0. The van der Waals surface area contributed by atoms with E-state index in [9.17, 15) is 15.3 Å². The molecule has 0 fully saturated rings. The molecular weight excluding hydrogens is 416 g/mol. The van der Waals surface area contributed by atoms with Crippen molar-refractivity contribution >= 4 is 0 Å². The third-order valence-electron chi connectivity index (χ3n) is 5.89. The van der Waals surface area contributed by atoms with E-state index in [1.165, 1.54) is 0 Å². The van der Waals surface area contributed by atoms with Crippen LogP contribution >= 0.6 is 0 Å². The molecule has 0 aromatic heterocycles. The number of para-hydroxylation sites is 1. The molecule has 6 rings (SSSR count). The van der Waals surface area contributed by atoms with Crippen LogP contribution < -0.4 is 9.47 Å². The number of ether oxygens (including phenoxy) is 2. The van der Waals surface area contributed by atoms with Gasteiger partial charge >= 0.3 is 0 Å². The first-order valence-corrected chi connectivity index (χ1v) is 10.9. The fraction of sp³-hybridized carbons (Fsp3) is 0.143. The number of phenols is 3. The Bertz CT molecular complexity index is 1290. The van der Waals surface area contributed by atoms with Crippen LogP contribution in [0.5, 0.6) is 40.2 Å². The largest absolute Gasteiger partial charge is 0.508 e. The van der Waals surface area contributed by atoms with Crippen molar-refractivity contribution in [3.63, 3.8) is 0 Å². The number of aryl methyl sites for hydroxylation is 4. The Kier molecular flexibility index (Phi) is 5.53. The van der Waals surface area contributed by atoms with Gasteiger partial charge in [0.1, 0.15) is 17.2 Å². The van der Waals surface area contributed by atoms with Crippen LogP contribution in [-0.2, 0) is 25.7 Å². The number of aromatic hydroxyl groups is 3. The average Bonchev–Trinajstić information content (AvgIpc) is 2.82. The Balaban J connectivity index is 1.56. The van der Waals surface area contributed by atoms with Gasteiger partial charge in [0.2, 0.25) is 0 Å². The number of hydrogen-bond acceptors (Lipinski definition) is 5. The molecule has 2 aliphatic rings. The molecule has 5 nitrogen and oxygen atoms in total. The van der Waals surface area contributed by atoms with Gasteiger partial charge in [0, 0.05) is 0 Å². The average molecular weight is 440 g/mol. The highest BCUT2D eigenvalue weighted by molar-refractivity contribution is 5.50. The summed E-state index contributed by atoms with van der Waals surface area (Å²) in [5, 5.41) is 31.1. The summed E-state index contributed by atoms with van der Waals surface area (Å²) in [5.41, 5.74) is 3.71. The highest BCUT2D eigenvalue weighted by Gasteiger charge is 2.14. The van der Waals surface area contributed by atoms with Crippen LogP contribution in [0.2, 0.25) is 0 Å². The third kappa shape index (κ3) is 4.58. The molecule has 0 unspecified atom stereocenters. The summed E-state index contributed by atoms with van der Waals surface area (Å²) in [6.07, 6.45) is 2.63. The molecule has 0 aliphatic carbocycles. The second-order valence-electron chi connectivity index (χ2n) is 8.21. The van der Waals surface area contributed by atoms with E-state index in [2.05, 4.69) is 0 Å². The Morgan fingerprint density at radius 1 is 0.515 bits per heavy atom. The zero-order chi connectivity index (χ0) is 22.8. The number of fused-ring (bicyclic) bond motifs is 4. The van der Waals surface area contributed by atoms with Crippen LogP contribution in [-0.4, -0.2) is 15.3 Å². The predicted molar refractivity (Wildman–Crippen MR) is 126 cm³/mol.